The summed E-state index contributed by atoms with van der Waals surface area (Å²) >= 11 is 0. The van der Waals surface area contributed by atoms with Crippen molar-refractivity contribution < 1.29 is 5.11 Å². The van der Waals surface area contributed by atoms with Crippen LogP contribution in [0, 0.1) is 0 Å². The summed E-state index contributed by atoms with van der Waals surface area (Å²) in [4.78, 5) is 17.5. The highest BCUT2D eigenvalue weighted by Gasteiger charge is 2.19. The third kappa shape index (κ3) is 2.42. The molecule has 0 aliphatic heterocycles. The molecule has 4 aromatic heterocycles. The number of nitrogens with zero attached hydrogens (tertiary/aromatic N) is 7. The molecule has 4 heterocycles. The Labute approximate surface area is 137 Å². The van der Waals surface area contributed by atoms with Crippen LogP contribution in [0.3, 0.4) is 0 Å². The summed E-state index contributed by atoms with van der Waals surface area (Å²) in [7, 11) is 0. The van der Waals surface area contributed by atoms with E-state index in [1.54, 1.807) is 55.4 Å². The lowest BCUT2D eigenvalue weighted by molar-refractivity contribution is 0.0739. The van der Waals surface area contributed by atoms with E-state index in [1.165, 1.54) is 0 Å². The van der Waals surface area contributed by atoms with E-state index in [9.17, 15) is 5.11 Å². The molecule has 0 aliphatic carbocycles. The Kier molecular flexibility index (Phi) is 3.14. The molecule has 4 rings (SSSR count). The van der Waals surface area contributed by atoms with Gasteiger partial charge >= 0.3 is 0 Å². The topological polar surface area (TPSA) is 94.0 Å². The maximum absolute atomic E-state index is 10.1. The van der Waals surface area contributed by atoms with Crippen LogP contribution in [0.1, 0.15) is 19.5 Å². The van der Waals surface area contributed by atoms with Crippen LogP contribution in [-0.2, 0) is 5.60 Å². The molecule has 0 atom stereocenters. The number of imidazole rings is 1. The lowest BCUT2D eigenvalue weighted by Crippen LogP contribution is -2.18. The zero-order chi connectivity index (χ0) is 16.7. The molecule has 0 saturated carbocycles. The molecule has 8 nitrogen and oxygen atoms in total. The number of hydrogen-bond donors (Lipinski definition) is 1. The summed E-state index contributed by atoms with van der Waals surface area (Å²) in [5.41, 5.74) is 1.04. The zero-order valence-electron chi connectivity index (χ0n) is 13.2. The van der Waals surface area contributed by atoms with E-state index >= 15 is 0 Å². The van der Waals surface area contributed by atoms with E-state index in [2.05, 4.69) is 25.0 Å². The highest BCUT2D eigenvalue weighted by atomic mass is 16.3. The molecule has 0 bridgehead atoms. The minimum Gasteiger partial charge on any atom is -0.384 e. The Morgan fingerprint density at radius 1 is 1.04 bits per heavy atom. The fourth-order valence-electron chi connectivity index (χ4n) is 2.39. The van der Waals surface area contributed by atoms with Crippen molar-refractivity contribution in [2.45, 2.75) is 19.4 Å². The second kappa shape index (κ2) is 5.20. The molecule has 0 unspecified atom stereocenters. The molecule has 0 aliphatic rings. The smallest absolute Gasteiger partial charge is 0.251 e. The van der Waals surface area contributed by atoms with Gasteiger partial charge in [0.2, 0.25) is 5.78 Å². The number of fused-ring (bicyclic) bond motifs is 1. The second-order valence-corrected chi connectivity index (χ2v) is 5.88. The molecule has 0 aromatic carbocycles. The standard InChI is InChI=1S/C16H15N7O/c1-16(2,24)13-5-9-22-12(10-18-14(22)21-13)11-4-7-17-15(20-11)23-8-3-6-19-23/h3-10,24H,1-2H3. The van der Waals surface area contributed by atoms with Crippen molar-refractivity contribution in [1.82, 2.24) is 34.1 Å². The molecule has 120 valence electrons. The summed E-state index contributed by atoms with van der Waals surface area (Å²) in [5, 5.41) is 14.2. The van der Waals surface area contributed by atoms with Crippen LogP contribution in [0.4, 0.5) is 0 Å². The maximum Gasteiger partial charge on any atom is 0.251 e. The van der Waals surface area contributed by atoms with E-state index in [1.807, 2.05) is 16.7 Å². The molecular weight excluding hydrogens is 306 g/mol. The summed E-state index contributed by atoms with van der Waals surface area (Å²) in [5.74, 6) is 0.984. The average molecular weight is 321 g/mol. The van der Waals surface area contributed by atoms with Crippen LogP contribution in [0.25, 0.3) is 23.1 Å². The minimum absolute atomic E-state index is 0.480. The zero-order valence-corrected chi connectivity index (χ0v) is 13.2. The Balaban J connectivity index is 1.81. The van der Waals surface area contributed by atoms with Crippen LogP contribution < -0.4 is 0 Å². The van der Waals surface area contributed by atoms with Gasteiger partial charge in [-0.05, 0) is 32.0 Å². The summed E-state index contributed by atoms with van der Waals surface area (Å²) in [6.45, 7) is 3.38. The fourth-order valence-corrected chi connectivity index (χ4v) is 2.39. The number of aliphatic hydroxyl groups is 1. The van der Waals surface area contributed by atoms with Gasteiger partial charge < -0.3 is 5.11 Å². The first-order valence-corrected chi connectivity index (χ1v) is 7.43. The van der Waals surface area contributed by atoms with E-state index in [4.69, 9.17) is 0 Å². The number of rotatable bonds is 3. The SMILES string of the molecule is CC(C)(O)c1ccn2c(-c3ccnc(-n4cccn4)n3)cnc2n1. The largest absolute Gasteiger partial charge is 0.384 e. The lowest BCUT2D eigenvalue weighted by Gasteiger charge is -2.16. The van der Waals surface area contributed by atoms with Gasteiger partial charge in [0.1, 0.15) is 5.60 Å². The molecule has 1 N–H and O–H groups in total. The first-order chi connectivity index (χ1) is 11.5. The third-order valence-corrected chi connectivity index (χ3v) is 3.62. The molecule has 24 heavy (non-hydrogen) atoms. The highest BCUT2D eigenvalue weighted by Crippen LogP contribution is 2.22. The van der Waals surface area contributed by atoms with Gasteiger partial charge in [-0.25, -0.2) is 24.6 Å². The average Bonchev–Trinajstić information content (AvgIpc) is 3.23. The number of hydrogen-bond acceptors (Lipinski definition) is 6. The van der Waals surface area contributed by atoms with Crippen LogP contribution in [0.15, 0.2) is 49.2 Å². The van der Waals surface area contributed by atoms with Gasteiger partial charge in [-0.15, -0.1) is 0 Å². The van der Waals surface area contributed by atoms with Crippen LogP contribution >= 0.6 is 0 Å². The summed E-state index contributed by atoms with van der Waals surface area (Å²) in [6, 6.07) is 5.39. The monoisotopic (exact) mass is 321 g/mol. The van der Waals surface area contributed by atoms with Gasteiger partial charge in [-0.3, -0.25) is 4.40 Å². The van der Waals surface area contributed by atoms with Crippen molar-refractivity contribution in [3.05, 3.63) is 54.9 Å². The molecular formula is C16H15N7O. The van der Waals surface area contributed by atoms with Crippen molar-refractivity contribution in [3.63, 3.8) is 0 Å². The molecule has 4 aromatic rings. The van der Waals surface area contributed by atoms with Gasteiger partial charge in [-0.2, -0.15) is 5.10 Å². The quantitative estimate of drug-likeness (QED) is 0.616. The van der Waals surface area contributed by atoms with Crippen molar-refractivity contribution in [2.24, 2.45) is 0 Å². The third-order valence-electron chi connectivity index (χ3n) is 3.62. The van der Waals surface area contributed by atoms with Gasteiger partial charge in [0.15, 0.2) is 0 Å². The van der Waals surface area contributed by atoms with Gasteiger partial charge in [0.05, 0.1) is 23.3 Å². The summed E-state index contributed by atoms with van der Waals surface area (Å²) in [6.07, 6.45) is 8.66. The lowest BCUT2D eigenvalue weighted by atomic mass is 10.1. The second-order valence-electron chi connectivity index (χ2n) is 5.88. The van der Waals surface area contributed by atoms with Gasteiger partial charge in [-0.1, -0.05) is 0 Å². The van der Waals surface area contributed by atoms with E-state index in [0.29, 0.717) is 23.1 Å². The van der Waals surface area contributed by atoms with Crippen LogP contribution in [0.2, 0.25) is 0 Å². The van der Waals surface area contributed by atoms with Crippen LogP contribution in [-0.4, -0.2) is 39.2 Å². The maximum atomic E-state index is 10.1. The highest BCUT2D eigenvalue weighted by molar-refractivity contribution is 5.58. The normalized spacial score (nSPS) is 12.0. The van der Waals surface area contributed by atoms with Gasteiger partial charge in [0, 0.05) is 24.8 Å². The minimum atomic E-state index is -1.02. The first-order valence-electron chi connectivity index (χ1n) is 7.43. The molecule has 0 spiro atoms. The van der Waals surface area contributed by atoms with Crippen molar-refractivity contribution in [1.29, 1.82) is 0 Å². The predicted octanol–water partition coefficient (Wildman–Crippen LogP) is 1.60. The van der Waals surface area contributed by atoms with Crippen molar-refractivity contribution in [3.8, 4) is 17.3 Å². The molecule has 0 amide bonds. The van der Waals surface area contributed by atoms with E-state index in [-0.39, 0.29) is 0 Å². The molecule has 8 heteroatoms. The van der Waals surface area contributed by atoms with Crippen molar-refractivity contribution in [2.75, 3.05) is 0 Å². The predicted molar refractivity (Wildman–Crippen MR) is 86.4 cm³/mol. The number of aromatic nitrogens is 7. The van der Waals surface area contributed by atoms with Gasteiger partial charge in [0.25, 0.3) is 5.95 Å². The Morgan fingerprint density at radius 2 is 1.92 bits per heavy atom. The Hall–Kier alpha value is -3.13. The van der Waals surface area contributed by atoms with E-state index < -0.39 is 5.60 Å². The Morgan fingerprint density at radius 3 is 2.67 bits per heavy atom. The Bertz CT molecular complexity index is 999. The molecule has 0 radical (unpaired) electrons. The molecule has 0 saturated heterocycles. The fraction of sp³-hybridized carbons (Fsp3) is 0.188. The first kappa shape index (κ1) is 14.5. The van der Waals surface area contributed by atoms with E-state index in [0.717, 1.165) is 5.69 Å². The molecule has 0 fully saturated rings. The van der Waals surface area contributed by atoms with Crippen molar-refractivity contribution >= 4 is 5.78 Å². The summed E-state index contributed by atoms with van der Waals surface area (Å²) < 4.78 is 3.42. The van der Waals surface area contributed by atoms with Crippen LogP contribution in [0.5, 0.6) is 0 Å².